The van der Waals surface area contributed by atoms with Gasteiger partial charge in [-0.25, -0.2) is 13.2 Å². The Labute approximate surface area is 580 Å². The van der Waals surface area contributed by atoms with Gasteiger partial charge in [-0.05, 0) is 167 Å². The number of carbonyl (C=O) groups is 1. The van der Waals surface area contributed by atoms with Crippen LogP contribution in [-0.4, -0.2) is 145 Å². The van der Waals surface area contributed by atoms with E-state index in [1.807, 2.05) is 30.3 Å². The fourth-order valence-corrected chi connectivity index (χ4v) is 21.0. The lowest BCUT2D eigenvalue weighted by Crippen LogP contribution is -2.69. The fourth-order valence-electron chi connectivity index (χ4n) is 14.0. The van der Waals surface area contributed by atoms with Crippen LogP contribution in [-0.2, 0) is 51.5 Å². The maximum Gasteiger partial charge on any atom is 0.338 e. The number of allylic oxidation sites excluding steroid dienone is 1. The van der Waals surface area contributed by atoms with Gasteiger partial charge in [0.05, 0.1) is 70.6 Å². The molecule has 0 saturated carbocycles. The van der Waals surface area contributed by atoms with Gasteiger partial charge in [0.15, 0.2) is 34.8 Å². The minimum absolute atomic E-state index is 0.0103. The Morgan fingerprint density at radius 3 is 1.90 bits per heavy atom. The molecule has 528 valence electrons. The summed E-state index contributed by atoms with van der Waals surface area (Å²) in [5.41, 5.74) is 1.26. The van der Waals surface area contributed by atoms with Gasteiger partial charge in [0.1, 0.15) is 36.1 Å². The topological polar surface area (TPSA) is 155 Å². The van der Waals surface area contributed by atoms with Gasteiger partial charge in [0.2, 0.25) is 0 Å². The standard InChI is InChI=1S/C75H125IO13SSi3/c1-23-31-60-65(52(7)63(84-60)44-50(5)24-2)70(90(79,80)58-34-29-26-30-35-58)59(77)46-55-39-41-61-66(82-55)68(88-92(19,20)73(11,12)13)69(89-93(21,22)74(14,15)16)67(85-61)62(87-91(17,18)72(8,9)10)42-38-54(83-71(78)53-32-27-25-28-33-53)36-37-57-47-75(48-76)64(81-57)43-40-56(86-75)45-51(6)49(3)4/h25-30,32-35,38,42,50-52,54-57,59-70,77H,3,23-24,31,36-37,39-41,43-48H2,1-2,4-22H3/b42-38+/t50-,51-,52+,54?,55-,56-,57?,59?,60+,61+,62+,63-,64+,65-,66+,67+,68+,69-,70?,75-/m1/s1. The van der Waals surface area contributed by atoms with Crippen LogP contribution < -0.4 is 0 Å². The van der Waals surface area contributed by atoms with Crippen molar-refractivity contribution < 1.29 is 60.0 Å². The quantitative estimate of drug-likeness (QED) is 0.0270. The van der Waals surface area contributed by atoms with Crippen LogP contribution in [0.25, 0.3) is 0 Å². The zero-order chi connectivity index (χ0) is 69.0. The van der Waals surface area contributed by atoms with Crippen molar-refractivity contribution in [2.45, 2.75) is 343 Å². The Kier molecular flexibility index (Phi) is 27.0. The average Bonchev–Trinajstić information content (AvgIpc) is 1.65. The molecular formula is C75H125IO13SSi3. The van der Waals surface area contributed by atoms with E-state index >= 15 is 8.42 Å². The molecule has 93 heavy (non-hydrogen) atoms. The number of ether oxygens (including phenoxy) is 6. The van der Waals surface area contributed by atoms with E-state index in [1.54, 1.807) is 36.4 Å². The lowest BCUT2D eigenvalue weighted by atomic mass is 9.79. The highest BCUT2D eigenvalue weighted by Gasteiger charge is 2.60. The summed E-state index contributed by atoms with van der Waals surface area (Å²) in [6.45, 7) is 51.2. The number of sulfone groups is 1. The molecule has 0 aromatic heterocycles. The molecular weight excluding hydrogens is 1350 g/mol. The Morgan fingerprint density at radius 1 is 0.742 bits per heavy atom. The van der Waals surface area contributed by atoms with Gasteiger partial charge in [0.25, 0.3) is 0 Å². The molecule has 5 aliphatic heterocycles. The third-order valence-corrected chi connectivity index (χ3v) is 40.3. The molecule has 2 aromatic rings. The van der Waals surface area contributed by atoms with Crippen LogP contribution in [0.1, 0.15) is 198 Å². The molecule has 0 amide bonds. The number of aliphatic hydroxyl groups excluding tert-OH is 1. The second-order valence-corrected chi connectivity index (χ2v) is 50.6. The molecule has 13 nitrogen and oxygen atoms in total. The minimum Gasteiger partial charge on any atom is -0.455 e. The molecule has 5 fully saturated rings. The van der Waals surface area contributed by atoms with Crippen LogP contribution in [0.4, 0.5) is 0 Å². The lowest BCUT2D eigenvalue weighted by Gasteiger charge is -2.56. The van der Waals surface area contributed by atoms with Gasteiger partial charge < -0.3 is 46.8 Å². The number of hydrogen-bond donors (Lipinski definition) is 1. The van der Waals surface area contributed by atoms with Crippen LogP contribution in [0.5, 0.6) is 0 Å². The van der Waals surface area contributed by atoms with Crippen LogP contribution >= 0.6 is 22.6 Å². The summed E-state index contributed by atoms with van der Waals surface area (Å²) in [4.78, 5) is 14.5. The molecule has 0 spiro atoms. The number of rotatable bonds is 29. The summed E-state index contributed by atoms with van der Waals surface area (Å²) in [7, 11) is -12.2. The molecule has 20 atom stereocenters. The number of halogens is 1. The first-order valence-electron chi connectivity index (χ1n) is 35.7. The van der Waals surface area contributed by atoms with Gasteiger partial charge in [-0.1, -0.05) is 187 Å². The molecule has 0 radical (unpaired) electrons. The van der Waals surface area contributed by atoms with E-state index in [4.69, 9.17) is 41.7 Å². The summed E-state index contributed by atoms with van der Waals surface area (Å²) < 4.78 is 97.8. The molecule has 0 aliphatic carbocycles. The first kappa shape index (κ1) is 78.7. The first-order chi connectivity index (χ1) is 43.2. The van der Waals surface area contributed by atoms with Crippen molar-refractivity contribution in [1.29, 1.82) is 0 Å². The third-order valence-electron chi connectivity index (χ3n) is 23.3. The van der Waals surface area contributed by atoms with Crippen molar-refractivity contribution in [1.82, 2.24) is 0 Å². The monoisotopic (exact) mass is 1480 g/mol. The van der Waals surface area contributed by atoms with Gasteiger partial charge >= 0.3 is 5.97 Å². The SMILES string of the molecule is C=C(C)[C@H](C)C[C@H]1CC[C@@H]2OC(CCC(/C=C/[C@H](O[Si](C)(C)C(C)(C)C)[C@@H]3O[C@H]4CC[C@H](CC(O)C([C@@H]5[C@@H](C)[C@@H](C[C@H](C)CC)O[C@H]5CCC)S(=O)(=O)c5ccccc5)O[C@@H]4[C@H](O[Si](C)(C)C(C)(C)C)[C@@H]3O[Si](C)(C)C(C)(C)C)OC(=O)c3ccccc3)C[C@]2(CI)O1. The highest BCUT2D eigenvalue weighted by atomic mass is 127. The van der Waals surface area contributed by atoms with Crippen LogP contribution in [0.2, 0.25) is 54.4 Å². The Bertz CT molecular complexity index is 2860. The van der Waals surface area contributed by atoms with E-state index in [9.17, 15) is 9.90 Å². The number of fused-ring (bicyclic) bond motifs is 2. The van der Waals surface area contributed by atoms with Crippen molar-refractivity contribution in [3.63, 3.8) is 0 Å². The largest absolute Gasteiger partial charge is 0.455 e. The molecule has 7 rings (SSSR count). The molecule has 5 saturated heterocycles. The van der Waals surface area contributed by atoms with E-state index < -0.39 is 107 Å². The number of benzene rings is 2. The second kappa shape index (κ2) is 31.9. The van der Waals surface area contributed by atoms with E-state index in [0.29, 0.717) is 49.5 Å². The first-order valence-corrected chi connectivity index (χ1v) is 47.4. The van der Waals surface area contributed by atoms with Gasteiger partial charge in [-0.15, -0.1) is 0 Å². The highest BCUT2D eigenvalue weighted by Crippen LogP contribution is 2.51. The Balaban J connectivity index is 1.29. The summed E-state index contributed by atoms with van der Waals surface area (Å²) >= 11 is 2.48. The summed E-state index contributed by atoms with van der Waals surface area (Å²) in [6.07, 6.45) is 6.60. The molecule has 5 aliphatic rings. The zero-order valence-corrected chi connectivity index (χ0v) is 67.1. The fraction of sp³-hybridized carbons (Fsp3) is 0.773. The number of hydrogen-bond acceptors (Lipinski definition) is 13. The smallest absolute Gasteiger partial charge is 0.338 e. The number of alkyl halides is 1. The Morgan fingerprint density at radius 2 is 1.33 bits per heavy atom. The molecule has 0 bridgehead atoms. The normalized spacial score (nSPS) is 31.3. The lowest BCUT2D eigenvalue weighted by molar-refractivity contribution is -0.268. The maximum atomic E-state index is 15.4. The van der Waals surface area contributed by atoms with Crippen LogP contribution in [0.3, 0.4) is 0 Å². The average molecular weight is 1480 g/mol. The Hall–Kier alpha value is -1.64. The van der Waals surface area contributed by atoms with Crippen molar-refractivity contribution in [3.05, 3.63) is 90.5 Å². The van der Waals surface area contributed by atoms with Crippen molar-refractivity contribution >= 4 is 63.3 Å². The van der Waals surface area contributed by atoms with Crippen LogP contribution in [0, 0.1) is 23.7 Å². The van der Waals surface area contributed by atoms with E-state index in [2.05, 4.69) is 178 Å². The summed E-state index contributed by atoms with van der Waals surface area (Å²) in [5.74, 6) is -0.204. The van der Waals surface area contributed by atoms with Gasteiger partial charge in [-0.2, -0.15) is 0 Å². The van der Waals surface area contributed by atoms with E-state index in [0.717, 1.165) is 49.4 Å². The third kappa shape index (κ3) is 19.1. The molecule has 2 aromatic carbocycles. The maximum absolute atomic E-state index is 15.4. The minimum atomic E-state index is -4.10. The molecule has 4 unspecified atom stereocenters. The van der Waals surface area contributed by atoms with Crippen molar-refractivity contribution in [2.24, 2.45) is 23.7 Å². The summed E-state index contributed by atoms with van der Waals surface area (Å²) in [5, 5.41) is 11.3. The zero-order valence-electron chi connectivity index (χ0n) is 61.1. The summed E-state index contributed by atoms with van der Waals surface area (Å²) in [6, 6.07) is 17.9. The number of esters is 1. The van der Waals surface area contributed by atoms with Crippen LogP contribution in [0.15, 0.2) is 89.9 Å². The van der Waals surface area contributed by atoms with Gasteiger partial charge in [-0.3, -0.25) is 0 Å². The highest BCUT2D eigenvalue weighted by molar-refractivity contribution is 14.1. The van der Waals surface area contributed by atoms with Crippen molar-refractivity contribution in [3.8, 4) is 0 Å². The van der Waals surface area contributed by atoms with Crippen molar-refractivity contribution in [2.75, 3.05) is 4.43 Å². The van der Waals surface area contributed by atoms with E-state index in [1.165, 1.54) is 5.57 Å². The van der Waals surface area contributed by atoms with Gasteiger partial charge in [0, 0.05) is 23.2 Å². The predicted octanol–water partition coefficient (Wildman–Crippen LogP) is 18.0. The predicted molar refractivity (Wildman–Crippen MR) is 393 cm³/mol. The molecule has 1 N–H and O–H groups in total. The molecule has 5 heterocycles. The van der Waals surface area contributed by atoms with E-state index in [-0.39, 0.29) is 68.5 Å². The molecule has 18 heteroatoms. The second-order valence-electron chi connectivity index (χ2n) is 33.5. The number of aliphatic hydroxyl groups is 1. The number of carbonyl (C=O) groups excluding carboxylic acids is 1.